The van der Waals surface area contributed by atoms with Crippen LogP contribution in [0.5, 0.6) is 5.75 Å². The normalized spacial score (nSPS) is 11.6. The van der Waals surface area contributed by atoms with Gasteiger partial charge in [0.2, 0.25) is 5.91 Å². The fraction of sp³-hybridized carbons (Fsp3) is 0.278. The first kappa shape index (κ1) is 21.5. The van der Waals surface area contributed by atoms with Crippen molar-refractivity contribution >= 4 is 57.1 Å². The van der Waals surface area contributed by atoms with E-state index in [9.17, 15) is 9.59 Å². The SMILES string of the molecule is COc1ccc(NC(=O)C(C)NC(=O)c2cc3c(C)nn(C)c3s2)cc1N.Cl. The molecule has 1 atom stereocenters. The van der Waals surface area contributed by atoms with Crippen molar-refractivity contribution in [1.82, 2.24) is 15.1 Å². The van der Waals surface area contributed by atoms with Crippen LogP contribution in [0.1, 0.15) is 22.3 Å². The number of thiophene rings is 1. The van der Waals surface area contributed by atoms with Gasteiger partial charge in [-0.05, 0) is 38.1 Å². The molecule has 0 aliphatic carbocycles. The van der Waals surface area contributed by atoms with Crippen LogP contribution in [-0.4, -0.2) is 34.7 Å². The van der Waals surface area contributed by atoms with Crippen LogP contribution in [0.25, 0.3) is 10.2 Å². The van der Waals surface area contributed by atoms with Gasteiger partial charge in [0.25, 0.3) is 5.91 Å². The lowest BCUT2D eigenvalue weighted by Gasteiger charge is -2.14. The Morgan fingerprint density at radius 1 is 1.32 bits per heavy atom. The Bertz CT molecular complexity index is 995. The monoisotopic (exact) mass is 423 g/mol. The molecule has 3 aromatic rings. The number of benzene rings is 1. The van der Waals surface area contributed by atoms with E-state index in [0.29, 0.717) is 22.0 Å². The number of rotatable bonds is 5. The predicted octanol–water partition coefficient (Wildman–Crippen LogP) is 2.71. The summed E-state index contributed by atoms with van der Waals surface area (Å²) in [5.41, 5.74) is 7.65. The maximum atomic E-state index is 12.5. The Hall–Kier alpha value is -2.78. The number of nitrogen functional groups attached to an aromatic ring is 1. The zero-order chi connectivity index (χ0) is 19.7. The number of carbonyl (C=O) groups is 2. The first-order valence-electron chi connectivity index (χ1n) is 8.28. The van der Waals surface area contributed by atoms with Gasteiger partial charge in [-0.3, -0.25) is 14.3 Å². The molecule has 4 N–H and O–H groups in total. The number of anilines is 2. The van der Waals surface area contributed by atoms with Crippen LogP contribution in [0.3, 0.4) is 0 Å². The number of nitrogens with two attached hydrogens (primary N) is 1. The average Bonchev–Trinajstić information content (AvgIpc) is 3.17. The molecule has 1 unspecified atom stereocenters. The van der Waals surface area contributed by atoms with Gasteiger partial charge in [-0.2, -0.15) is 5.10 Å². The molecule has 8 nitrogen and oxygen atoms in total. The third-order valence-electron chi connectivity index (χ3n) is 4.16. The summed E-state index contributed by atoms with van der Waals surface area (Å²) in [7, 11) is 3.36. The van der Waals surface area contributed by atoms with Crippen molar-refractivity contribution in [2.75, 3.05) is 18.2 Å². The Kier molecular flexibility index (Phi) is 6.52. The third-order valence-corrected chi connectivity index (χ3v) is 5.36. The molecule has 0 radical (unpaired) electrons. The van der Waals surface area contributed by atoms with E-state index >= 15 is 0 Å². The standard InChI is InChI=1S/C18H21N5O3S.ClH/c1-9-12-8-15(27-18(12)23(3)22-9)17(25)20-10(2)16(24)21-11-5-6-14(26-4)13(19)7-11;/h5-8,10H,19H2,1-4H3,(H,20,25)(H,21,24);1H. The summed E-state index contributed by atoms with van der Waals surface area (Å²) in [6.07, 6.45) is 0. The summed E-state index contributed by atoms with van der Waals surface area (Å²) in [6.45, 7) is 3.52. The van der Waals surface area contributed by atoms with Crippen molar-refractivity contribution in [3.05, 3.63) is 34.8 Å². The lowest BCUT2D eigenvalue weighted by molar-refractivity contribution is -0.117. The van der Waals surface area contributed by atoms with Crippen molar-refractivity contribution in [1.29, 1.82) is 0 Å². The lowest BCUT2D eigenvalue weighted by Crippen LogP contribution is -2.41. The van der Waals surface area contributed by atoms with Crippen LogP contribution in [0, 0.1) is 6.92 Å². The fourth-order valence-electron chi connectivity index (χ4n) is 2.71. The van der Waals surface area contributed by atoms with Crippen molar-refractivity contribution in [3.8, 4) is 5.75 Å². The van der Waals surface area contributed by atoms with E-state index in [0.717, 1.165) is 15.9 Å². The molecule has 0 saturated heterocycles. The van der Waals surface area contributed by atoms with E-state index in [1.165, 1.54) is 18.4 Å². The molecule has 10 heteroatoms. The van der Waals surface area contributed by atoms with Gasteiger partial charge >= 0.3 is 0 Å². The molecule has 0 saturated carbocycles. The van der Waals surface area contributed by atoms with E-state index < -0.39 is 6.04 Å². The molecular weight excluding hydrogens is 402 g/mol. The topological polar surface area (TPSA) is 111 Å². The number of hydrogen-bond donors (Lipinski definition) is 3. The molecule has 2 heterocycles. The average molecular weight is 424 g/mol. The predicted molar refractivity (Wildman–Crippen MR) is 114 cm³/mol. The highest BCUT2D eigenvalue weighted by atomic mass is 35.5. The van der Waals surface area contributed by atoms with E-state index in [2.05, 4.69) is 15.7 Å². The molecule has 3 rings (SSSR count). The van der Waals surface area contributed by atoms with Gasteiger partial charge in [0, 0.05) is 18.1 Å². The number of nitrogens with one attached hydrogen (secondary N) is 2. The fourth-order valence-corrected chi connectivity index (χ4v) is 3.74. The summed E-state index contributed by atoms with van der Waals surface area (Å²) in [4.78, 5) is 26.3. The van der Waals surface area contributed by atoms with Crippen molar-refractivity contribution < 1.29 is 14.3 Å². The Morgan fingerprint density at radius 3 is 2.64 bits per heavy atom. The van der Waals surface area contributed by atoms with Crippen LogP contribution < -0.4 is 21.1 Å². The summed E-state index contributed by atoms with van der Waals surface area (Å²) in [5.74, 6) is -0.108. The highest BCUT2D eigenvalue weighted by Gasteiger charge is 2.20. The molecule has 28 heavy (non-hydrogen) atoms. The zero-order valence-electron chi connectivity index (χ0n) is 15.9. The first-order valence-corrected chi connectivity index (χ1v) is 9.10. The van der Waals surface area contributed by atoms with Gasteiger partial charge in [0.1, 0.15) is 16.6 Å². The minimum Gasteiger partial charge on any atom is -0.495 e. The van der Waals surface area contributed by atoms with Gasteiger partial charge in [-0.25, -0.2) is 0 Å². The Labute approximate surface area is 172 Å². The maximum absolute atomic E-state index is 12.5. The largest absolute Gasteiger partial charge is 0.495 e. The molecule has 0 spiro atoms. The summed E-state index contributed by atoms with van der Waals surface area (Å²) in [5, 5.41) is 10.7. The number of methoxy groups -OCH3 is 1. The molecule has 1 aromatic carbocycles. The first-order chi connectivity index (χ1) is 12.8. The second-order valence-corrected chi connectivity index (χ2v) is 7.21. The number of ether oxygens (including phenoxy) is 1. The van der Waals surface area contributed by atoms with E-state index in [-0.39, 0.29) is 24.2 Å². The summed E-state index contributed by atoms with van der Waals surface area (Å²) < 4.78 is 6.84. The van der Waals surface area contributed by atoms with Gasteiger partial charge in [-0.1, -0.05) is 0 Å². The van der Waals surface area contributed by atoms with Crippen molar-refractivity contribution in [2.45, 2.75) is 19.9 Å². The zero-order valence-corrected chi connectivity index (χ0v) is 17.5. The molecule has 2 aromatic heterocycles. The minimum atomic E-state index is -0.717. The van der Waals surface area contributed by atoms with Crippen LogP contribution in [-0.2, 0) is 11.8 Å². The van der Waals surface area contributed by atoms with Gasteiger partial charge in [-0.15, -0.1) is 23.7 Å². The highest BCUT2D eigenvalue weighted by molar-refractivity contribution is 7.20. The third kappa shape index (κ3) is 4.20. The number of carbonyl (C=O) groups excluding carboxylic acids is 2. The molecule has 2 amide bonds. The lowest BCUT2D eigenvalue weighted by atomic mass is 10.2. The second-order valence-electron chi connectivity index (χ2n) is 6.18. The highest BCUT2D eigenvalue weighted by Crippen LogP contribution is 2.28. The number of nitrogens with zero attached hydrogens (tertiary/aromatic N) is 2. The second kappa shape index (κ2) is 8.49. The van der Waals surface area contributed by atoms with Crippen LogP contribution in [0.15, 0.2) is 24.3 Å². The van der Waals surface area contributed by atoms with E-state index in [4.69, 9.17) is 10.5 Å². The molecule has 0 bridgehead atoms. The number of hydrogen-bond acceptors (Lipinski definition) is 6. The number of aryl methyl sites for hydroxylation is 2. The van der Waals surface area contributed by atoms with Crippen LogP contribution in [0.4, 0.5) is 11.4 Å². The van der Waals surface area contributed by atoms with Crippen molar-refractivity contribution in [2.24, 2.45) is 7.05 Å². The van der Waals surface area contributed by atoms with Crippen molar-refractivity contribution in [3.63, 3.8) is 0 Å². The van der Waals surface area contributed by atoms with Crippen LogP contribution >= 0.6 is 23.7 Å². The molecule has 150 valence electrons. The van der Waals surface area contributed by atoms with Gasteiger partial charge in [0.15, 0.2) is 0 Å². The Morgan fingerprint density at radius 2 is 2.04 bits per heavy atom. The van der Waals surface area contributed by atoms with E-state index in [1.807, 2.05) is 14.0 Å². The number of aromatic nitrogens is 2. The maximum Gasteiger partial charge on any atom is 0.262 e. The van der Waals surface area contributed by atoms with Gasteiger partial charge < -0.3 is 21.1 Å². The van der Waals surface area contributed by atoms with Crippen LogP contribution in [0.2, 0.25) is 0 Å². The van der Waals surface area contributed by atoms with Gasteiger partial charge in [0.05, 0.1) is 23.4 Å². The van der Waals surface area contributed by atoms with E-state index in [1.54, 1.807) is 35.9 Å². The quantitative estimate of drug-likeness (QED) is 0.546. The Balaban J connectivity index is 0.00000280. The molecule has 0 aliphatic heterocycles. The minimum absolute atomic E-state index is 0. The number of halogens is 1. The number of fused-ring (bicyclic) bond motifs is 1. The molecule has 0 aliphatic rings. The number of amides is 2. The summed E-state index contributed by atoms with van der Waals surface area (Å²) >= 11 is 1.34. The molecule has 0 fully saturated rings. The molecular formula is C18H22ClN5O3S. The smallest absolute Gasteiger partial charge is 0.262 e. The summed E-state index contributed by atoms with van der Waals surface area (Å²) in [6, 6.07) is 6.04.